The van der Waals surface area contributed by atoms with Gasteiger partial charge in [0.15, 0.2) is 5.58 Å². The molecule has 3 rings (SSSR count). The summed E-state index contributed by atoms with van der Waals surface area (Å²) in [7, 11) is 0. The van der Waals surface area contributed by atoms with Gasteiger partial charge in [-0.1, -0.05) is 19.4 Å². The summed E-state index contributed by atoms with van der Waals surface area (Å²) < 4.78 is 18.6. The highest BCUT2D eigenvalue weighted by Gasteiger charge is 2.08. The molecule has 96 valence electrons. The molecule has 3 heteroatoms. The molecule has 0 unspecified atom stereocenters. The third kappa shape index (κ3) is 2.36. The van der Waals surface area contributed by atoms with Crippen LogP contribution in [0.2, 0.25) is 0 Å². The fourth-order valence-corrected chi connectivity index (χ4v) is 2.13. The number of oxazole rings is 1. The zero-order chi connectivity index (χ0) is 13.2. The highest BCUT2D eigenvalue weighted by molar-refractivity contribution is 5.76. The smallest absolute Gasteiger partial charge is 0.227 e. The Morgan fingerprint density at radius 3 is 2.63 bits per heavy atom. The molecule has 2 nitrogen and oxygen atoms in total. The van der Waals surface area contributed by atoms with E-state index in [0.717, 1.165) is 29.5 Å². The average molecular weight is 255 g/mol. The molecular weight excluding hydrogens is 241 g/mol. The molecule has 19 heavy (non-hydrogen) atoms. The molecule has 0 amide bonds. The molecule has 0 aliphatic carbocycles. The largest absolute Gasteiger partial charge is 0.436 e. The van der Waals surface area contributed by atoms with Gasteiger partial charge in [-0.05, 0) is 48.4 Å². The van der Waals surface area contributed by atoms with Crippen LogP contribution in [-0.4, -0.2) is 4.98 Å². The summed E-state index contributed by atoms with van der Waals surface area (Å²) in [6.07, 6.45) is 2.14. The summed E-state index contributed by atoms with van der Waals surface area (Å²) in [4.78, 5) is 4.47. The van der Waals surface area contributed by atoms with Gasteiger partial charge in [0, 0.05) is 5.56 Å². The van der Waals surface area contributed by atoms with E-state index < -0.39 is 0 Å². The van der Waals surface area contributed by atoms with E-state index in [0.29, 0.717) is 5.89 Å². The molecule has 0 saturated carbocycles. The van der Waals surface area contributed by atoms with Crippen molar-refractivity contribution in [2.24, 2.45) is 0 Å². The highest BCUT2D eigenvalue weighted by atomic mass is 19.1. The molecule has 0 aliphatic heterocycles. The molecule has 1 heterocycles. The fourth-order valence-electron chi connectivity index (χ4n) is 2.13. The van der Waals surface area contributed by atoms with Crippen molar-refractivity contribution in [2.75, 3.05) is 0 Å². The first kappa shape index (κ1) is 11.9. The predicted molar refractivity (Wildman–Crippen MR) is 73.4 cm³/mol. The molecule has 0 aliphatic rings. The minimum absolute atomic E-state index is 0.259. The van der Waals surface area contributed by atoms with E-state index in [1.165, 1.54) is 17.7 Å². The van der Waals surface area contributed by atoms with Crippen molar-refractivity contribution in [3.63, 3.8) is 0 Å². The molecular formula is C16H14FNO. The lowest BCUT2D eigenvalue weighted by molar-refractivity contribution is 0.616. The lowest BCUT2D eigenvalue weighted by Gasteiger charge is -1.95. The maximum atomic E-state index is 12.9. The Bertz CT molecular complexity index is 700. The molecule has 0 fully saturated rings. The summed E-state index contributed by atoms with van der Waals surface area (Å²) in [5.41, 5.74) is 3.66. The average Bonchev–Trinajstić information content (AvgIpc) is 2.83. The Hall–Kier alpha value is -2.16. The first-order chi connectivity index (χ1) is 9.26. The van der Waals surface area contributed by atoms with Crippen LogP contribution in [0.25, 0.3) is 22.6 Å². The monoisotopic (exact) mass is 255 g/mol. The van der Waals surface area contributed by atoms with Gasteiger partial charge in [0.05, 0.1) is 0 Å². The van der Waals surface area contributed by atoms with Gasteiger partial charge in [0.1, 0.15) is 11.3 Å². The lowest BCUT2D eigenvalue weighted by Crippen LogP contribution is -1.82. The second-order valence-corrected chi connectivity index (χ2v) is 4.58. The Labute approximate surface area is 110 Å². The molecule has 3 aromatic rings. The van der Waals surface area contributed by atoms with Crippen LogP contribution in [0.1, 0.15) is 18.9 Å². The van der Waals surface area contributed by atoms with E-state index in [9.17, 15) is 4.39 Å². The van der Waals surface area contributed by atoms with Crippen molar-refractivity contribution in [1.29, 1.82) is 0 Å². The van der Waals surface area contributed by atoms with Gasteiger partial charge in [-0.15, -0.1) is 0 Å². The van der Waals surface area contributed by atoms with Crippen LogP contribution in [0.5, 0.6) is 0 Å². The van der Waals surface area contributed by atoms with Crippen LogP contribution in [0.15, 0.2) is 46.9 Å². The van der Waals surface area contributed by atoms with Crippen LogP contribution in [0.4, 0.5) is 4.39 Å². The first-order valence-corrected chi connectivity index (χ1v) is 6.41. The number of nitrogens with zero attached hydrogens (tertiary/aromatic N) is 1. The summed E-state index contributed by atoms with van der Waals surface area (Å²) in [5, 5.41) is 0. The Morgan fingerprint density at radius 2 is 1.89 bits per heavy atom. The maximum absolute atomic E-state index is 12.9. The molecule has 0 atom stereocenters. The molecule has 0 saturated heterocycles. The minimum Gasteiger partial charge on any atom is -0.436 e. The van der Waals surface area contributed by atoms with E-state index in [4.69, 9.17) is 4.42 Å². The van der Waals surface area contributed by atoms with Crippen molar-refractivity contribution in [3.8, 4) is 11.5 Å². The van der Waals surface area contributed by atoms with Crippen LogP contribution in [0, 0.1) is 5.82 Å². The van der Waals surface area contributed by atoms with Crippen LogP contribution in [-0.2, 0) is 6.42 Å². The third-order valence-corrected chi connectivity index (χ3v) is 3.08. The number of fused-ring (bicyclic) bond motifs is 1. The van der Waals surface area contributed by atoms with E-state index in [1.807, 2.05) is 6.07 Å². The first-order valence-electron chi connectivity index (χ1n) is 6.41. The van der Waals surface area contributed by atoms with Gasteiger partial charge >= 0.3 is 0 Å². The van der Waals surface area contributed by atoms with E-state index in [1.54, 1.807) is 12.1 Å². The van der Waals surface area contributed by atoms with Crippen molar-refractivity contribution >= 4 is 11.1 Å². The van der Waals surface area contributed by atoms with Crippen molar-refractivity contribution < 1.29 is 8.81 Å². The Kier molecular flexibility index (Phi) is 3.03. The standard InChI is InChI=1S/C16H14FNO/c1-2-3-11-4-9-15-14(10-11)18-16(19-15)12-5-7-13(17)8-6-12/h4-10H,2-3H2,1H3. The normalized spacial score (nSPS) is 11.1. The minimum atomic E-state index is -0.259. The van der Waals surface area contributed by atoms with Crippen LogP contribution in [0.3, 0.4) is 0 Å². The van der Waals surface area contributed by atoms with Gasteiger partial charge in [0.25, 0.3) is 0 Å². The van der Waals surface area contributed by atoms with Gasteiger partial charge in [0.2, 0.25) is 5.89 Å². The number of hydrogen-bond donors (Lipinski definition) is 0. The molecule has 0 spiro atoms. The lowest BCUT2D eigenvalue weighted by atomic mass is 10.1. The maximum Gasteiger partial charge on any atom is 0.227 e. The second kappa shape index (κ2) is 4.84. The Morgan fingerprint density at radius 1 is 1.11 bits per heavy atom. The molecule has 0 radical (unpaired) electrons. The van der Waals surface area contributed by atoms with E-state index in [2.05, 4.69) is 24.0 Å². The molecule has 1 aromatic heterocycles. The highest BCUT2D eigenvalue weighted by Crippen LogP contribution is 2.25. The van der Waals surface area contributed by atoms with Gasteiger partial charge in [-0.3, -0.25) is 0 Å². The molecule has 0 bridgehead atoms. The quantitative estimate of drug-likeness (QED) is 0.684. The molecule has 0 N–H and O–H groups in total. The second-order valence-electron chi connectivity index (χ2n) is 4.58. The third-order valence-electron chi connectivity index (χ3n) is 3.08. The number of aromatic nitrogens is 1. The van der Waals surface area contributed by atoms with E-state index >= 15 is 0 Å². The fraction of sp³-hybridized carbons (Fsp3) is 0.188. The number of rotatable bonds is 3. The van der Waals surface area contributed by atoms with Gasteiger partial charge < -0.3 is 4.42 Å². The zero-order valence-corrected chi connectivity index (χ0v) is 10.7. The van der Waals surface area contributed by atoms with Crippen LogP contribution < -0.4 is 0 Å². The summed E-state index contributed by atoms with van der Waals surface area (Å²) in [6.45, 7) is 2.15. The summed E-state index contributed by atoms with van der Waals surface area (Å²) >= 11 is 0. The van der Waals surface area contributed by atoms with Crippen molar-refractivity contribution in [3.05, 3.63) is 53.8 Å². The summed E-state index contributed by atoms with van der Waals surface area (Å²) in [6, 6.07) is 12.2. The number of aryl methyl sites for hydroxylation is 1. The predicted octanol–water partition coefficient (Wildman–Crippen LogP) is 4.59. The van der Waals surface area contributed by atoms with Gasteiger partial charge in [-0.25, -0.2) is 9.37 Å². The van der Waals surface area contributed by atoms with Crippen LogP contribution >= 0.6 is 0 Å². The zero-order valence-electron chi connectivity index (χ0n) is 10.7. The number of benzene rings is 2. The topological polar surface area (TPSA) is 26.0 Å². The Balaban J connectivity index is 2.03. The van der Waals surface area contributed by atoms with Crippen molar-refractivity contribution in [1.82, 2.24) is 4.98 Å². The van der Waals surface area contributed by atoms with E-state index in [-0.39, 0.29) is 5.82 Å². The number of halogens is 1. The SMILES string of the molecule is CCCc1ccc2oc(-c3ccc(F)cc3)nc2c1. The summed E-state index contributed by atoms with van der Waals surface area (Å²) in [5.74, 6) is 0.272. The van der Waals surface area contributed by atoms with Gasteiger partial charge in [-0.2, -0.15) is 0 Å². The number of hydrogen-bond acceptors (Lipinski definition) is 2. The molecule has 2 aromatic carbocycles. The van der Waals surface area contributed by atoms with Crippen molar-refractivity contribution in [2.45, 2.75) is 19.8 Å².